The molecule has 150 valence electrons. The van der Waals surface area contributed by atoms with Crippen molar-refractivity contribution >= 4 is 21.6 Å². The molecule has 0 amide bonds. The van der Waals surface area contributed by atoms with Crippen LogP contribution in [0.1, 0.15) is 37.9 Å². The number of nitrogens with zero attached hydrogens (tertiary/aromatic N) is 1. The molecule has 2 aromatic carbocycles. The summed E-state index contributed by atoms with van der Waals surface area (Å²) in [6.07, 6.45) is 1.90. The molecule has 1 aliphatic rings. The van der Waals surface area contributed by atoms with E-state index in [-0.39, 0.29) is 23.0 Å². The second kappa shape index (κ2) is 7.64. The molecular weight excluding hydrogens is 394 g/mol. The fraction of sp³-hybridized carbons (Fsp3) is 0.364. The quantitative estimate of drug-likeness (QED) is 0.729. The van der Waals surface area contributed by atoms with E-state index >= 15 is 0 Å². The van der Waals surface area contributed by atoms with E-state index in [1.165, 1.54) is 0 Å². The van der Waals surface area contributed by atoms with Gasteiger partial charge in [-0.05, 0) is 47.2 Å². The number of sulfonamides is 1. The Hall–Kier alpha value is -1.66. The molecule has 6 heteroatoms. The van der Waals surface area contributed by atoms with Gasteiger partial charge < -0.3 is 5.11 Å². The topological polar surface area (TPSA) is 57.6 Å². The number of rotatable bonds is 4. The number of aliphatic hydroxyl groups excluding tert-OH is 1. The van der Waals surface area contributed by atoms with Crippen molar-refractivity contribution in [2.45, 2.75) is 44.7 Å². The Morgan fingerprint density at radius 2 is 1.68 bits per heavy atom. The molecule has 3 rings (SSSR count). The molecule has 0 bridgehead atoms. The lowest BCUT2D eigenvalue weighted by Gasteiger charge is -2.37. The molecule has 4 nitrogen and oxygen atoms in total. The smallest absolute Gasteiger partial charge is 0.244 e. The van der Waals surface area contributed by atoms with Crippen LogP contribution in [0.5, 0.6) is 0 Å². The first-order valence-corrected chi connectivity index (χ1v) is 11.0. The zero-order chi connectivity index (χ0) is 20.7. The number of halogens is 1. The molecular formula is C22H26ClNO3S. The van der Waals surface area contributed by atoms with Gasteiger partial charge in [-0.1, -0.05) is 68.8 Å². The largest absolute Gasteiger partial charge is 0.392 e. The van der Waals surface area contributed by atoms with Crippen molar-refractivity contribution < 1.29 is 13.5 Å². The lowest BCUT2D eigenvalue weighted by molar-refractivity contribution is 0.206. The summed E-state index contributed by atoms with van der Waals surface area (Å²) in [6.45, 7) is 7.61. The monoisotopic (exact) mass is 419 g/mol. The molecule has 2 atom stereocenters. The van der Waals surface area contributed by atoms with Crippen molar-refractivity contribution in [3.05, 3.63) is 76.3 Å². The molecule has 1 aliphatic heterocycles. The Balaban J connectivity index is 2.22. The highest BCUT2D eigenvalue weighted by Crippen LogP contribution is 2.46. The Morgan fingerprint density at radius 1 is 1.07 bits per heavy atom. The molecule has 0 fully saturated rings. The summed E-state index contributed by atoms with van der Waals surface area (Å²) in [5, 5.41) is 10.6. The van der Waals surface area contributed by atoms with Crippen LogP contribution >= 0.6 is 11.6 Å². The Kier molecular flexibility index (Phi) is 5.74. The lowest BCUT2D eigenvalue weighted by Crippen LogP contribution is -2.45. The number of hydrogen-bond acceptors (Lipinski definition) is 3. The summed E-state index contributed by atoms with van der Waals surface area (Å²) >= 11 is 6.04. The fourth-order valence-electron chi connectivity index (χ4n) is 3.72. The van der Waals surface area contributed by atoms with Gasteiger partial charge in [0.05, 0.1) is 17.5 Å². The first kappa shape index (κ1) is 21.1. The third-order valence-corrected chi connectivity index (χ3v) is 7.42. The summed E-state index contributed by atoms with van der Waals surface area (Å²) in [5.41, 5.74) is 1.81. The average Bonchev–Trinajstić information content (AvgIpc) is 3.03. The van der Waals surface area contributed by atoms with E-state index in [2.05, 4.69) is 0 Å². The highest BCUT2D eigenvalue weighted by molar-refractivity contribution is 7.89. The maximum absolute atomic E-state index is 13.8. The summed E-state index contributed by atoms with van der Waals surface area (Å²) < 4.78 is 29.2. The Morgan fingerprint density at radius 3 is 2.21 bits per heavy atom. The number of benzene rings is 2. The van der Waals surface area contributed by atoms with Crippen LogP contribution < -0.4 is 0 Å². The third kappa shape index (κ3) is 3.77. The zero-order valence-electron chi connectivity index (χ0n) is 16.6. The number of hydrogen-bond donors (Lipinski definition) is 1. The van der Waals surface area contributed by atoms with Gasteiger partial charge in [-0.25, -0.2) is 8.42 Å². The summed E-state index contributed by atoms with van der Waals surface area (Å²) in [4.78, 5) is 0.288. The van der Waals surface area contributed by atoms with E-state index < -0.39 is 16.1 Å². The molecule has 0 aliphatic carbocycles. The van der Waals surface area contributed by atoms with Crippen molar-refractivity contribution in [1.82, 2.24) is 4.31 Å². The minimum absolute atomic E-state index is 0.209. The van der Waals surface area contributed by atoms with Gasteiger partial charge in [-0.2, -0.15) is 4.31 Å². The van der Waals surface area contributed by atoms with Gasteiger partial charge in [0.25, 0.3) is 0 Å². The number of aliphatic hydroxyl groups is 1. The van der Waals surface area contributed by atoms with Crippen LogP contribution in [-0.4, -0.2) is 30.5 Å². The average molecular weight is 420 g/mol. The highest BCUT2D eigenvalue weighted by Gasteiger charge is 2.47. The van der Waals surface area contributed by atoms with Crippen LogP contribution in [0.25, 0.3) is 0 Å². The SMILES string of the molecule is Cc1ccccc1S(=O)(=O)N1C(c2ccc(Cl)cc2)C(CO)=CC1C(C)(C)C. The minimum atomic E-state index is -3.81. The van der Waals surface area contributed by atoms with Gasteiger partial charge in [0.15, 0.2) is 0 Å². The van der Waals surface area contributed by atoms with E-state index in [0.29, 0.717) is 16.2 Å². The van der Waals surface area contributed by atoms with Crippen molar-refractivity contribution in [1.29, 1.82) is 0 Å². The Labute approximate surface area is 172 Å². The Bertz CT molecular complexity index is 991. The minimum Gasteiger partial charge on any atom is -0.392 e. The van der Waals surface area contributed by atoms with E-state index in [9.17, 15) is 13.5 Å². The molecule has 0 spiro atoms. The van der Waals surface area contributed by atoms with Crippen LogP contribution in [-0.2, 0) is 10.0 Å². The van der Waals surface area contributed by atoms with Crippen LogP contribution in [0.4, 0.5) is 0 Å². The fourth-order valence-corrected chi connectivity index (χ4v) is 6.01. The predicted octanol–water partition coefficient (Wildman–Crippen LogP) is 4.73. The van der Waals surface area contributed by atoms with E-state index in [0.717, 1.165) is 5.56 Å². The van der Waals surface area contributed by atoms with Crippen LogP contribution in [0.2, 0.25) is 5.02 Å². The van der Waals surface area contributed by atoms with Gasteiger partial charge >= 0.3 is 0 Å². The lowest BCUT2D eigenvalue weighted by atomic mass is 9.87. The first-order valence-electron chi connectivity index (χ1n) is 9.23. The predicted molar refractivity (Wildman–Crippen MR) is 113 cm³/mol. The summed E-state index contributed by atoms with van der Waals surface area (Å²) in [5.74, 6) is 0. The second-order valence-corrected chi connectivity index (χ2v) is 10.5. The standard InChI is InChI=1S/C22H26ClNO3S/c1-15-7-5-6-8-19(15)28(26,27)24-20(22(2,3)4)13-17(14-25)21(24)16-9-11-18(23)12-10-16/h5-13,20-21,25H,14H2,1-4H3. The summed E-state index contributed by atoms with van der Waals surface area (Å²) in [6, 6.07) is 13.2. The molecule has 0 radical (unpaired) electrons. The van der Waals surface area contributed by atoms with Crippen molar-refractivity contribution in [2.75, 3.05) is 6.61 Å². The van der Waals surface area contributed by atoms with Crippen molar-refractivity contribution in [3.8, 4) is 0 Å². The molecule has 2 unspecified atom stereocenters. The first-order chi connectivity index (χ1) is 13.1. The molecule has 1 N–H and O–H groups in total. The number of aryl methyl sites for hydroxylation is 1. The van der Waals surface area contributed by atoms with Crippen LogP contribution in [0.3, 0.4) is 0 Å². The summed E-state index contributed by atoms with van der Waals surface area (Å²) in [7, 11) is -3.81. The molecule has 1 heterocycles. The molecule has 28 heavy (non-hydrogen) atoms. The van der Waals surface area contributed by atoms with Gasteiger partial charge in [0, 0.05) is 11.1 Å². The van der Waals surface area contributed by atoms with Crippen molar-refractivity contribution in [2.24, 2.45) is 5.41 Å². The van der Waals surface area contributed by atoms with Crippen LogP contribution in [0.15, 0.2) is 65.1 Å². The highest BCUT2D eigenvalue weighted by atomic mass is 35.5. The normalized spacial score (nSPS) is 21.0. The second-order valence-electron chi connectivity index (χ2n) is 8.27. The third-order valence-electron chi connectivity index (χ3n) is 5.16. The van der Waals surface area contributed by atoms with Crippen LogP contribution in [0, 0.1) is 12.3 Å². The van der Waals surface area contributed by atoms with Gasteiger partial charge in [-0.15, -0.1) is 0 Å². The van der Waals surface area contributed by atoms with E-state index in [4.69, 9.17) is 11.6 Å². The van der Waals surface area contributed by atoms with Gasteiger partial charge in [0.2, 0.25) is 10.0 Å². The van der Waals surface area contributed by atoms with Gasteiger partial charge in [-0.3, -0.25) is 0 Å². The molecule has 0 aromatic heterocycles. The van der Waals surface area contributed by atoms with E-state index in [1.807, 2.05) is 45.0 Å². The van der Waals surface area contributed by atoms with Gasteiger partial charge in [0.1, 0.15) is 0 Å². The van der Waals surface area contributed by atoms with E-state index in [1.54, 1.807) is 41.6 Å². The maximum Gasteiger partial charge on any atom is 0.244 e. The van der Waals surface area contributed by atoms with Crippen molar-refractivity contribution in [3.63, 3.8) is 0 Å². The molecule has 2 aromatic rings. The maximum atomic E-state index is 13.8. The molecule has 0 saturated heterocycles. The molecule has 0 saturated carbocycles. The zero-order valence-corrected chi connectivity index (χ0v) is 18.1.